The maximum absolute atomic E-state index is 7.00. The molecule has 5 aliphatic rings. The minimum absolute atomic E-state index is 0.0947. The van der Waals surface area contributed by atoms with Gasteiger partial charge in [0.2, 0.25) is 0 Å². The van der Waals surface area contributed by atoms with E-state index >= 15 is 0 Å². The van der Waals surface area contributed by atoms with E-state index in [4.69, 9.17) is 28.4 Å². The third kappa shape index (κ3) is 5.24. The van der Waals surface area contributed by atoms with Gasteiger partial charge in [-0.15, -0.1) is 0 Å². The summed E-state index contributed by atoms with van der Waals surface area (Å²) in [7, 11) is 9.54. The zero-order chi connectivity index (χ0) is 32.2. The van der Waals surface area contributed by atoms with Crippen molar-refractivity contribution in [2.75, 3.05) is 55.1 Å². The van der Waals surface area contributed by atoms with Crippen LogP contribution in [0.2, 0.25) is 0 Å². The van der Waals surface area contributed by atoms with E-state index in [1.165, 1.54) is 27.8 Å². The molecule has 5 heterocycles. The molecular weight excluding hydrogens is 592 g/mol. The fourth-order valence-electron chi connectivity index (χ4n) is 7.92. The standard InChI is InChI=1S/C39H42N2O6/c1-40-14-12-25-19-32(43-4)34-21-28(25)29(40)16-23-6-9-27(10-7-23)46-33-18-24(8-11-31(33)42-3)17-30-37-26(13-15-41(30)2)20-35(44-5)39-38(37)36(47-34)22-45-39/h6-11,18-21,29-30,36H,12-17,22H2,1-5H3/t29-,30-,36?/m0/s1. The number of likely N-dealkylation sites (N-methyl/N-ethyl adjacent to an activating group) is 2. The minimum Gasteiger partial charge on any atom is -0.493 e. The van der Waals surface area contributed by atoms with Gasteiger partial charge in [-0.1, -0.05) is 18.2 Å². The van der Waals surface area contributed by atoms with E-state index in [0.29, 0.717) is 18.1 Å². The summed E-state index contributed by atoms with van der Waals surface area (Å²) >= 11 is 0. The van der Waals surface area contributed by atoms with Gasteiger partial charge in [-0.3, -0.25) is 9.80 Å². The van der Waals surface area contributed by atoms with E-state index in [9.17, 15) is 0 Å². The van der Waals surface area contributed by atoms with E-state index in [1.54, 1.807) is 21.3 Å². The molecule has 0 saturated heterocycles. The van der Waals surface area contributed by atoms with Crippen LogP contribution in [-0.2, 0) is 25.7 Å². The molecule has 9 rings (SSSR count). The van der Waals surface area contributed by atoms with Crippen LogP contribution in [0.25, 0.3) is 0 Å². The summed E-state index contributed by atoms with van der Waals surface area (Å²) in [5.41, 5.74) is 8.59. The topological polar surface area (TPSA) is 61.9 Å². The Hall–Kier alpha value is -4.40. The van der Waals surface area contributed by atoms with Gasteiger partial charge in [0, 0.05) is 30.7 Å². The van der Waals surface area contributed by atoms with Crippen molar-refractivity contribution in [3.63, 3.8) is 0 Å². The Morgan fingerprint density at radius 2 is 1.34 bits per heavy atom. The smallest absolute Gasteiger partial charge is 0.169 e. The van der Waals surface area contributed by atoms with Gasteiger partial charge >= 0.3 is 0 Å². The van der Waals surface area contributed by atoms with Crippen molar-refractivity contribution in [2.24, 2.45) is 0 Å². The van der Waals surface area contributed by atoms with Crippen molar-refractivity contribution in [2.45, 2.75) is 43.9 Å². The summed E-state index contributed by atoms with van der Waals surface area (Å²) in [6.45, 7) is 2.31. The van der Waals surface area contributed by atoms with Crippen LogP contribution in [0, 0.1) is 0 Å². The van der Waals surface area contributed by atoms with Gasteiger partial charge in [0.1, 0.15) is 12.4 Å². The molecule has 0 fully saturated rings. The van der Waals surface area contributed by atoms with E-state index in [0.717, 1.165) is 78.6 Å². The third-order valence-electron chi connectivity index (χ3n) is 10.5. The van der Waals surface area contributed by atoms with Gasteiger partial charge < -0.3 is 28.4 Å². The number of hydrogen-bond donors (Lipinski definition) is 0. The summed E-state index contributed by atoms with van der Waals surface area (Å²) in [6.07, 6.45) is 3.20. The van der Waals surface area contributed by atoms with Crippen LogP contribution < -0.4 is 28.4 Å². The summed E-state index contributed by atoms with van der Waals surface area (Å²) in [5, 5.41) is 0. The summed E-state index contributed by atoms with van der Waals surface area (Å²) in [5.74, 6) is 5.23. The van der Waals surface area contributed by atoms with Crippen LogP contribution in [0.4, 0.5) is 0 Å². The lowest BCUT2D eigenvalue weighted by atomic mass is 9.83. The van der Waals surface area contributed by atoms with Crippen molar-refractivity contribution in [3.05, 3.63) is 99.6 Å². The zero-order valence-corrected chi connectivity index (χ0v) is 27.8. The quantitative estimate of drug-likeness (QED) is 0.242. The Morgan fingerprint density at radius 3 is 2.11 bits per heavy atom. The molecule has 0 spiro atoms. The van der Waals surface area contributed by atoms with Crippen molar-refractivity contribution in [1.29, 1.82) is 0 Å². The predicted octanol–water partition coefficient (Wildman–Crippen LogP) is 6.87. The fraction of sp³-hybridized carbons (Fsp3) is 0.385. The van der Waals surface area contributed by atoms with Gasteiger partial charge in [-0.25, -0.2) is 0 Å². The molecule has 0 aromatic heterocycles. The highest BCUT2D eigenvalue weighted by molar-refractivity contribution is 5.60. The first-order valence-electron chi connectivity index (χ1n) is 16.5. The average Bonchev–Trinajstić information content (AvgIpc) is 3.50. The van der Waals surface area contributed by atoms with Crippen LogP contribution >= 0.6 is 0 Å². The highest BCUT2D eigenvalue weighted by Gasteiger charge is 2.40. The van der Waals surface area contributed by atoms with Gasteiger partial charge in [-0.2, -0.15) is 0 Å². The maximum Gasteiger partial charge on any atom is 0.169 e. The molecule has 6 bridgehead atoms. The van der Waals surface area contributed by atoms with Crippen LogP contribution in [0.5, 0.6) is 40.2 Å². The predicted molar refractivity (Wildman–Crippen MR) is 180 cm³/mol. The van der Waals surface area contributed by atoms with Crippen molar-refractivity contribution in [1.82, 2.24) is 9.80 Å². The molecule has 4 aromatic rings. The SMILES string of the molecule is COc1ccc2cc1Oc1ccc(cc1)C[C@H]1c3cc(c(OC)cc3CCN1C)OC1COc3c(OC)cc4c(c31)[C@H](C2)N(C)CC4. The Kier molecular flexibility index (Phi) is 7.65. The lowest BCUT2D eigenvalue weighted by Crippen LogP contribution is -2.35. The van der Waals surface area contributed by atoms with Gasteiger partial charge in [0.25, 0.3) is 0 Å². The highest BCUT2D eigenvalue weighted by Crippen LogP contribution is 2.51. The second-order valence-electron chi connectivity index (χ2n) is 13.1. The second kappa shape index (κ2) is 12.0. The highest BCUT2D eigenvalue weighted by atomic mass is 16.6. The lowest BCUT2D eigenvalue weighted by Gasteiger charge is -2.37. The van der Waals surface area contributed by atoms with Crippen LogP contribution in [0.1, 0.15) is 57.1 Å². The average molecular weight is 635 g/mol. The molecule has 0 amide bonds. The molecule has 0 saturated carbocycles. The number of ether oxygens (including phenoxy) is 6. The minimum atomic E-state index is -0.321. The van der Waals surface area contributed by atoms with E-state index < -0.39 is 0 Å². The normalized spacial score (nSPS) is 21.7. The zero-order valence-electron chi connectivity index (χ0n) is 27.8. The molecule has 47 heavy (non-hydrogen) atoms. The molecule has 0 radical (unpaired) electrons. The third-order valence-corrected chi connectivity index (χ3v) is 10.5. The van der Waals surface area contributed by atoms with E-state index in [2.05, 4.69) is 78.5 Å². The summed E-state index contributed by atoms with van der Waals surface area (Å²) in [4.78, 5) is 4.88. The van der Waals surface area contributed by atoms with E-state index in [1.807, 2.05) is 6.07 Å². The summed E-state index contributed by atoms with van der Waals surface area (Å²) in [6, 6.07) is 21.6. The first-order valence-corrected chi connectivity index (χ1v) is 16.5. The van der Waals surface area contributed by atoms with Crippen molar-refractivity contribution < 1.29 is 28.4 Å². The number of rotatable bonds is 3. The Bertz CT molecular complexity index is 1820. The molecule has 4 aromatic carbocycles. The van der Waals surface area contributed by atoms with Gasteiger partial charge in [0.15, 0.2) is 40.6 Å². The Labute approximate surface area is 276 Å². The number of methoxy groups -OCH3 is 3. The Morgan fingerprint density at radius 1 is 0.660 bits per heavy atom. The van der Waals surface area contributed by atoms with Gasteiger partial charge in [-0.05, 0) is 116 Å². The molecule has 0 N–H and O–H groups in total. The first-order chi connectivity index (χ1) is 22.9. The van der Waals surface area contributed by atoms with Crippen LogP contribution in [-0.4, -0.2) is 64.9 Å². The fourth-order valence-corrected chi connectivity index (χ4v) is 7.92. The number of benzene rings is 4. The van der Waals surface area contributed by atoms with Crippen molar-refractivity contribution >= 4 is 0 Å². The molecule has 5 aliphatic heterocycles. The largest absolute Gasteiger partial charge is 0.493 e. The molecular formula is C39H42N2O6. The van der Waals surface area contributed by atoms with Crippen molar-refractivity contribution in [3.8, 4) is 40.2 Å². The molecule has 3 atom stereocenters. The molecule has 244 valence electrons. The molecule has 8 nitrogen and oxygen atoms in total. The van der Waals surface area contributed by atoms with E-state index in [-0.39, 0.29) is 18.2 Å². The van der Waals surface area contributed by atoms with Crippen LogP contribution in [0.3, 0.4) is 0 Å². The number of nitrogens with zero attached hydrogens (tertiary/aromatic N) is 2. The lowest BCUT2D eigenvalue weighted by molar-refractivity contribution is 0.152. The van der Waals surface area contributed by atoms with Gasteiger partial charge in [0.05, 0.1) is 21.3 Å². The second-order valence-corrected chi connectivity index (χ2v) is 13.1. The molecule has 8 heteroatoms. The number of fused-ring (bicyclic) bond motifs is 2. The first kappa shape index (κ1) is 30.0. The molecule has 0 aliphatic carbocycles. The Balaban J connectivity index is 1.32. The maximum atomic E-state index is 7.00. The summed E-state index contributed by atoms with van der Waals surface area (Å²) < 4.78 is 37.5. The number of hydrogen-bond acceptors (Lipinski definition) is 8. The monoisotopic (exact) mass is 634 g/mol. The van der Waals surface area contributed by atoms with Crippen LogP contribution in [0.15, 0.2) is 60.7 Å². The molecule has 1 unspecified atom stereocenters.